The first-order valence-electron chi connectivity index (χ1n) is 10.0. The van der Waals surface area contributed by atoms with E-state index in [4.69, 9.17) is 9.47 Å². The maximum absolute atomic E-state index is 11.8. The number of carbonyl (C=O) groups is 2. The highest BCUT2D eigenvalue weighted by Gasteiger charge is 2.38. The summed E-state index contributed by atoms with van der Waals surface area (Å²) in [5.74, 6) is 0. The highest BCUT2D eigenvalue weighted by Crippen LogP contribution is 2.33. The number of rotatable bonds is 12. The summed E-state index contributed by atoms with van der Waals surface area (Å²) in [5, 5.41) is 0. The van der Waals surface area contributed by atoms with E-state index in [1.165, 1.54) is 0 Å². The van der Waals surface area contributed by atoms with Crippen LogP contribution >= 0.6 is 0 Å². The minimum atomic E-state index is -0.706. The third-order valence-corrected chi connectivity index (χ3v) is 5.28. The lowest BCUT2D eigenvalue weighted by atomic mass is 9.78. The first-order valence-corrected chi connectivity index (χ1v) is 10.0. The van der Waals surface area contributed by atoms with Crippen LogP contribution in [0.1, 0.15) is 45.2 Å². The molecule has 2 rings (SSSR count). The molecule has 0 aromatic heterocycles. The van der Waals surface area contributed by atoms with Gasteiger partial charge >= 0.3 is 0 Å². The van der Waals surface area contributed by atoms with E-state index in [-0.39, 0.29) is 12.2 Å². The second kappa shape index (κ2) is 10.5. The van der Waals surface area contributed by atoms with Crippen molar-refractivity contribution in [1.82, 2.24) is 0 Å². The van der Waals surface area contributed by atoms with Gasteiger partial charge in [0.05, 0.1) is 25.4 Å². The molecule has 0 N–H and O–H groups in total. The van der Waals surface area contributed by atoms with Crippen LogP contribution in [0, 0.1) is 10.8 Å². The summed E-state index contributed by atoms with van der Waals surface area (Å²) >= 11 is 0. The standard InChI is InChI=1S/C25H32O4/c1-24(2,18-26)22(28-16-20-11-7-5-8-12-20)15-23(25(3,4)19-27)29-17-21-13-9-6-10-14-21/h5-14,18-19,22-23H,15-17H2,1-4H3/t22-,23-/m0/s1. The second-order valence-corrected chi connectivity index (χ2v) is 8.68. The Morgan fingerprint density at radius 2 is 1.03 bits per heavy atom. The number of ether oxygens (including phenoxy) is 2. The van der Waals surface area contributed by atoms with Gasteiger partial charge < -0.3 is 19.1 Å². The van der Waals surface area contributed by atoms with E-state index < -0.39 is 10.8 Å². The van der Waals surface area contributed by atoms with Crippen LogP contribution in [-0.2, 0) is 32.3 Å². The third kappa shape index (κ3) is 6.91. The van der Waals surface area contributed by atoms with Gasteiger partial charge in [-0.25, -0.2) is 0 Å². The average molecular weight is 397 g/mol. The molecule has 2 atom stereocenters. The average Bonchev–Trinajstić information content (AvgIpc) is 2.74. The Morgan fingerprint density at radius 1 is 0.690 bits per heavy atom. The molecule has 0 saturated carbocycles. The summed E-state index contributed by atoms with van der Waals surface area (Å²) in [6.45, 7) is 8.23. The van der Waals surface area contributed by atoms with Crippen molar-refractivity contribution in [3.05, 3.63) is 71.8 Å². The van der Waals surface area contributed by atoms with Crippen molar-refractivity contribution in [2.45, 2.75) is 59.5 Å². The van der Waals surface area contributed by atoms with E-state index in [1.807, 2.05) is 88.4 Å². The van der Waals surface area contributed by atoms with Crippen LogP contribution in [0.4, 0.5) is 0 Å². The number of carbonyl (C=O) groups excluding carboxylic acids is 2. The van der Waals surface area contributed by atoms with Gasteiger partial charge in [0.25, 0.3) is 0 Å². The van der Waals surface area contributed by atoms with Gasteiger partial charge in [0, 0.05) is 17.3 Å². The topological polar surface area (TPSA) is 52.6 Å². The maximum Gasteiger partial charge on any atom is 0.128 e. The van der Waals surface area contributed by atoms with E-state index >= 15 is 0 Å². The Bertz CT molecular complexity index is 687. The summed E-state index contributed by atoms with van der Waals surface area (Å²) in [4.78, 5) is 23.5. The van der Waals surface area contributed by atoms with E-state index in [1.54, 1.807) is 0 Å². The lowest BCUT2D eigenvalue weighted by Gasteiger charge is -2.37. The molecule has 2 aromatic carbocycles. The molecule has 29 heavy (non-hydrogen) atoms. The van der Waals surface area contributed by atoms with Gasteiger partial charge in [-0.15, -0.1) is 0 Å². The number of hydrogen-bond acceptors (Lipinski definition) is 4. The van der Waals surface area contributed by atoms with Gasteiger partial charge in [-0.2, -0.15) is 0 Å². The van der Waals surface area contributed by atoms with E-state index in [2.05, 4.69) is 0 Å². The summed E-state index contributed by atoms with van der Waals surface area (Å²) < 4.78 is 12.4. The number of benzene rings is 2. The van der Waals surface area contributed by atoms with E-state index in [0.717, 1.165) is 23.7 Å². The fourth-order valence-electron chi connectivity index (χ4n) is 3.06. The van der Waals surface area contributed by atoms with Crippen LogP contribution in [0.25, 0.3) is 0 Å². The van der Waals surface area contributed by atoms with Crippen LogP contribution in [0.15, 0.2) is 60.7 Å². The zero-order valence-corrected chi connectivity index (χ0v) is 17.8. The molecule has 0 spiro atoms. The predicted molar refractivity (Wildman–Crippen MR) is 114 cm³/mol. The summed E-state index contributed by atoms with van der Waals surface area (Å²) in [6, 6.07) is 19.7. The monoisotopic (exact) mass is 396 g/mol. The smallest absolute Gasteiger partial charge is 0.128 e. The molecule has 0 aliphatic rings. The van der Waals surface area contributed by atoms with Crippen molar-refractivity contribution in [3.8, 4) is 0 Å². The van der Waals surface area contributed by atoms with E-state index in [9.17, 15) is 9.59 Å². The summed E-state index contributed by atoms with van der Waals surface area (Å²) in [5.41, 5.74) is 0.663. The molecule has 0 fully saturated rings. The zero-order chi connectivity index (χ0) is 21.3. The van der Waals surface area contributed by atoms with Crippen molar-refractivity contribution < 1.29 is 19.1 Å². The molecule has 4 heteroatoms. The van der Waals surface area contributed by atoms with E-state index in [0.29, 0.717) is 19.6 Å². The maximum atomic E-state index is 11.8. The summed E-state index contributed by atoms with van der Waals surface area (Å²) in [7, 11) is 0. The van der Waals surface area contributed by atoms with Gasteiger partial charge in [0.15, 0.2) is 0 Å². The predicted octanol–water partition coefficient (Wildman–Crippen LogP) is 5.00. The Balaban J connectivity index is 2.16. The highest BCUT2D eigenvalue weighted by atomic mass is 16.5. The van der Waals surface area contributed by atoms with Crippen molar-refractivity contribution >= 4 is 12.6 Å². The molecule has 0 amide bonds. The van der Waals surface area contributed by atoms with Gasteiger partial charge in [-0.1, -0.05) is 88.4 Å². The Labute approximate surface area is 174 Å². The molecule has 0 aliphatic carbocycles. The Hall–Kier alpha value is -2.30. The molecule has 0 radical (unpaired) electrons. The van der Waals surface area contributed by atoms with Crippen LogP contribution in [0.2, 0.25) is 0 Å². The molecular weight excluding hydrogens is 364 g/mol. The second-order valence-electron chi connectivity index (χ2n) is 8.68. The van der Waals surface area contributed by atoms with Crippen molar-refractivity contribution in [2.24, 2.45) is 10.8 Å². The summed E-state index contributed by atoms with van der Waals surface area (Å²) in [6.07, 6.45) is 1.51. The number of hydrogen-bond donors (Lipinski definition) is 0. The highest BCUT2D eigenvalue weighted by molar-refractivity contribution is 5.60. The zero-order valence-electron chi connectivity index (χ0n) is 17.8. The fourth-order valence-corrected chi connectivity index (χ4v) is 3.06. The molecule has 0 aliphatic heterocycles. The fraction of sp³-hybridized carbons (Fsp3) is 0.440. The van der Waals surface area contributed by atoms with Gasteiger partial charge in [0.2, 0.25) is 0 Å². The molecule has 0 unspecified atom stereocenters. The Morgan fingerprint density at radius 3 is 1.34 bits per heavy atom. The van der Waals surface area contributed by atoms with Crippen LogP contribution in [-0.4, -0.2) is 24.8 Å². The minimum absolute atomic E-state index is 0.389. The largest absolute Gasteiger partial charge is 0.372 e. The van der Waals surface area contributed by atoms with Gasteiger partial charge in [-0.05, 0) is 11.1 Å². The first kappa shape index (κ1) is 23.0. The van der Waals surface area contributed by atoms with Crippen molar-refractivity contribution in [1.29, 1.82) is 0 Å². The molecule has 4 nitrogen and oxygen atoms in total. The minimum Gasteiger partial charge on any atom is -0.372 e. The lowest BCUT2D eigenvalue weighted by molar-refractivity contribution is -0.138. The SMILES string of the molecule is CC(C)(C=O)[C@H](C[C@H](OCc1ccccc1)C(C)(C)C=O)OCc1ccccc1. The van der Waals surface area contributed by atoms with Crippen LogP contribution in [0.3, 0.4) is 0 Å². The van der Waals surface area contributed by atoms with Gasteiger partial charge in [0.1, 0.15) is 12.6 Å². The van der Waals surface area contributed by atoms with Gasteiger partial charge in [-0.3, -0.25) is 0 Å². The van der Waals surface area contributed by atoms with Crippen LogP contribution in [0.5, 0.6) is 0 Å². The third-order valence-electron chi connectivity index (χ3n) is 5.28. The molecule has 0 saturated heterocycles. The normalized spacial score (nSPS) is 14.2. The number of aldehydes is 2. The molecule has 2 aromatic rings. The molecule has 0 bridgehead atoms. The van der Waals surface area contributed by atoms with Crippen LogP contribution < -0.4 is 0 Å². The lowest BCUT2D eigenvalue weighted by Crippen LogP contribution is -2.42. The first-order chi connectivity index (χ1) is 13.8. The van der Waals surface area contributed by atoms with Crippen molar-refractivity contribution in [3.63, 3.8) is 0 Å². The molecule has 0 heterocycles. The molecule has 156 valence electrons. The molecular formula is C25H32O4. The van der Waals surface area contributed by atoms with Crippen molar-refractivity contribution in [2.75, 3.05) is 0 Å². The quantitative estimate of drug-likeness (QED) is 0.474. The Kier molecular flexibility index (Phi) is 8.30.